The van der Waals surface area contributed by atoms with Crippen LogP contribution in [0.4, 0.5) is 4.79 Å². The Morgan fingerprint density at radius 1 is 1.30 bits per heavy atom. The van der Waals surface area contributed by atoms with Crippen LogP contribution in [0.15, 0.2) is 30.3 Å². The highest BCUT2D eigenvalue weighted by Gasteiger charge is 2.36. The minimum Gasteiger partial charge on any atom is -0.444 e. The van der Waals surface area contributed by atoms with Gasteiger partial charge in [-0.25, -0.2) is 4.79 Å². The maximum Gasteiger partial charge on any atom is 0.410 e. The molecule has 3 nitrogen and oxygen atoms in total. The first-order chi connectivity index (χ1) is 9.40. The number of nitrogens with zero attached hydrogens (tertiary/aromatic N) is 1. The Labute approximate surface area is 121 Å². The van der Waals surface area contributed by atoms with Gasteiger partial charge in [0.05, 0.1) is 0 Å². The molecular weight excluding hydrogens is 250 g/mol. The number of hydrogen-bond acceptors (Lipinski definition) is 2. The van der Waals surface area contributed by atoms with Gasteiger partial charge in [0.25, 0.3) is 0 Å². The Morgan fingerprint density at radius 3 is 2.50 bits per heavy atom. The summed E-state index contributed by atoms with van der Waals surface area (Å²) in [4.78, 5) is 14.2. The number of amides is 1. The van der Waals surface area contributed by atoms with Gasteiger partial charge in [0, 0.05) is 18.5 Å². The minimum atomic E-state index is -0.430. The van der Waals surface area contributed by atoms with Gasteiger partial charge in [-0.3, -0.25) is 0 Å². The molecular formula is C17H25NO2. The third-order valence-electron chi connectivity index (χ3n) is 3.78. The Bertz CT molecular complexity index is 450. The Morgan fingerprint density at radius 2 is 1.95 bits per heavy atom. The van der Waals surface area contributed by atoms with Crippen molar-refractivity contribution in [1.29, 1.82) is 0 Å². The van der Waals surface area contributed by atoms with Crippen molar-refractivity contribution in [3.63, 3.8) is 0 Å². The highest BCUT2D eigenvalue weighted by molar-refractivity contribution is 5.69. The molecule has 110 valence electrons. The number of carbonyl (C=O) groups is 1. The number of rotatable bonds is 2. The average Bonchev–Trinajstić information content (AvgIpc) is 2.82. The van der Waals surface area contributed by atoms with E-state index < -0.39 is 5.60 Å². The first-order valence-electron chi connectivity index (χ1n) is 7.45. The van der Waals surface area contributed by atoms with Crippen LogP contribution in [0.2, 0.25) is 0 Å². The maximum absolute atomic E-state index is 12.3. The van der Waals surface area contributed by atoms with E-state index in [1.54, 1.807) is 0 Å². The molecule has 2 atom stereocenters. The number of carbonyl (C=O) groups excluding carboxylic acids is 1. The SMILES string of the molecule is CCC1CC(c2ccccc2)CN1C(=O)OC(C)(C)C. The van der Waals surface area contributed by atoms with Crippen LogP contribution in [0.25, 0.3) is 0 Å². The van der Waals surface area contributed by atoms with E-state index in [1.165, 1.54) is 5.56 Å². The monoisotopic (exact) mass is 275 g/mol. The molecule has 0 saturated carbocycles. The Hall–Kier alpha value is -1.51. The summed E-state index contributed by atoms with van der Waals surface area (Å²) >= 11 is 0. The molecule has 1 amide bonds. The van der Waals surface area contributed by atoms with E-state index >= 15 is 0 Å². The maximum atomic E-state index is 12.3. The summed E-state index contributed by atoms with van der Waals surface area (Å²) in [5.74, 6) is 0.425. The van der Waals surface area contributed by atoms with Crippen LogP contribution in [0.5, 0.6) is 0 Å². The van der Waals surface area contributed by atoms with E-state index in [-0.39, 0.29) is 12.1 Å². The van der Waals surface area contributed by atoms with Crippen LogP contribution in [-0.4, -0.2) is 29.2 Å². The van der Waals surface area contributed by atoms with Crippen molar-refractivity contribution < 1.29 is 9.53 Å². The molecule has 0 aliphatic carbocycles. The summed E-state index contributed by atoms with van der Waals surface area (Å²) < 4.78 is 5.52. The molecule has 3 heteroatoms. The van der Waals surface area contributed by atoms with E-state index in [0.29, 0.717) is 5.92 Å². The molecule has 1 heterocycles. The predicted octanol–water partition coefficient (Wildman–Crippen LogP) is 4.19. The largest absolute Gasteiger partial charge is 0.444 e. The molecule has 2 unspecified atom stereocenters. The zero-order chi connectivity index (χ0) is 14.8. The molecule has 0 bridgehead atoms. The quantitative estimate of drug-likeness (QED) is 0.810. The van der Waals surface area contributed by atoms with E-state index in [4.69, 9.17) is 4.74 Å². The van der Waals surface area contributed by atoms with Gasteiger partial charge in [-0.15, -0.1) is 0 Å². The van der Waals surface area contributed by atoms with Crippen LogP contribution in [0, 0.1) is 0 Å². The zero-order valence-electron chi connectivity index (χ0n) is 12.9. The summed E-state index contributed by atoms with van der Waals surface area (Å²) in [7, 11) is 0. The summed E-state index contributed by atoms with van der Waals surface area (Å²) in [5.41, 5.74) is 0.886. The van der Waals surface area contributed by atoms with Gasteiger partial charge in [-0.2, -0.15) is 0 Å². The zero-order valence-corrected chi connectivity index (χ0v) is 12.9. The van der Waals surface area contributed by atoms with Crippen LogP contribution in [-0.2, 0) is 4.74 Å². The molecule has 2 rings (SSSR count). The standard InChI is InChI=1S/C17H25NO2/c1-5-15-11-14(13-9-7-6-8-10-13)12-18(15)16(19)20-17(2,3)4/h6-10,14-15H,5,11-12H2,1-4H3. The molecule has 0 aromatic heterocycles. The molecule has 1 aliphatic rings. The molecule has 1 fully saturated rings. The van der Waals surface area contributed by atoms with E-state index in [1.807, 2.05) is 31.7 Å². The summed E-state index contributed by atoms with van der Waals surface area (Å²) in [6, 6.07) is 10.7. The topological polar surface area (TPSA) is 29.5 Å². The summed E-state index contributed by atoms with van der Waals surface area (Å²) in [5, 5.41) is 0. The first kappa shape index (κ1) is 14.9. The lowest BCUT2D eigenvalue weighted by atomic mass is 9.96. The van der Waals surface area contributed by atoms with Gasteiger partial charge < -0.3 is 9.64 Å². The van der Waals surface area contributed by atoms with Gasteiger partial charge in [0.15, 0.2) is 0 Å². The van der Waals surface area contributed by atoms with E-state index in [9.17, 15) is 4.79 Å². The highest BCUT2D eigenvalue weighted by atomic mass is 16.6. The molecule has 0 radical (unpaired) electrons. The Kier molecular flexibility index (Phi) is 4.36. The van der Waals surface area contributed by atoms with Gasteiger partial charge in [-0.05, 0) is 39.2 Å². The third-order valence-corrected chi connectivity index (χ3v) is 3.78. The number of likely N-dealkylation sites (tertiary alicyclic amines) is 1. The summed E-state index contributed by atoms with van der Waals surface area (Å²) in [6.07, 6.45) is 1.82. The number of hydrogen-bond donors (Lipinski definition) is 0. The van der Waals surface area contributed by atoms with E-state index in [0.717, 1.165) is 19.4 Å². The molecule has 0 spiro atoms. The lowest BCUT2D eigenvalue weighted by Gasteiger charge is -2.28. The number of ether oxygens (including phenoxy) is 1. The summed E-state index contributed by atoms with van der Waals surface area (Å²) in [6.45, 7) is 8.64. The van der Waals surface area contributed by atoms with Crippen molar-refractivity contribution >= 4 is 6.09 Å². The van der Waals surface area contributed by atoms with Crippen molar-refractivity contribution in [3.8, 4) is 0 Å². The van der Waals surface area contributed by atoms with Gasteiger partial charge >= 0.3 is 6.09 Å². The average molecular weight is 275 g/mol. The van der Waals surface area contributed by atoms with Gasteiger partial charge in [-0.1, -0.05) is 37.3 Å². The van der Waals surface area contributed by atoms with E-state index in [2.05, 4.69) is 31.2 Å². The van der Waals surface area contributed by atoms with Gasteiger partial charge in [0.1, 0.15) is 5.60 Å². The molecule has 1 aliphatic heterocycles. The second-order valence-corrected chi connectivity index (χ2v) is 6.54. The van der Waals surface area contributed by atoms with Crippen molar-refractivity contribution in [1.82, 2.24) is 4.90 Å². The molecule has 1 aromatic carbocycles. The lowest BCUT2D eigenvalue weighted by Crippen LogP contribution is -2.39. The smallest absolute Gasteiger partial charge is 0.410 e. The normalized spacial score (nSPS) is 22.9. The minimum absolute atomic E-state index is 0.178. The lowest BCUT2D eigenvalue weighted by molar-refractivity contribution is 0.0222. The van der Waals surface area contributed by atoms with Gasteiger partial charge in [0.2, 0.25) is 0 Å². The third kappa shape index (κ3) is 3.53. The highest BCUT2D eigenvalue weighted by Crippen LogP contribution is 2.33. The molecule has 1 saturated heterocycles. The second kappa shape index (κ2) is 5.86. The fourth-order valence-electron chi connectivity index (χ4n) is 2.81. The van der Waals surface area contributed by atoms with Crippen LogP contribution in [0.3, 0.4) is 0 Å². The second-order valence-electron chi connectivity index (χ2n) is 6.54. The molecule has 20 heavy (non-hydrogen) atoms. The fraction of sp³-hybridized carbons (Fsp3) is 0.588. The van der Waals surface area contributed by atoms with Crippen molar-refractivity contribution in [2.75, 3.05) is 6.54 Å². The molecule has 1 aromatic rings. The van der Waals surface area contributed by atoms with Crippen LogP contribution >= 0.6 is 0 Å². The first-order valence-corrected chi connectivity index (χ1v) is 7.45. The van der Waals surface area contributed by atoms with Crippen LogP contribution in [0.1, 0.15) is 52.0 Å². The van der Waals surface area contributed by atoms with Crippen molar-refractivity contribution in [3.05, 3.63) is 35.9 Å². The number of benzene rings is 1. The molecule has 0 N–H and O–H groups in total. The predicted molar refractivity (Wildman–Crippen MR) is 80.8 cm³/mol. The van der Waals surface area contributed by atoms with Crippen LogP contribution < -0.4 is 0 Å². The van der Waals surface area contributed by atoms with Crippen molar-refractivity contribution in [2.45, 2.75) is 58.1 Å². The Balaban J connectivity index is 2.09. The van der Waals surface area contributed by atoms with Crippen molar-refractivity contribution in [2.24, 2.45) is 0 Å². The fourth-order valence-corrected chi connectivity index (χ4v) is 2.81.